The summed E-state index contributed by atoms with van der Waals surface area (Å²) in [4.78, 5) is 28.2. The number of H-pyrrole nitrogens is 1. The molecule has 2 aromatic rings. The van der Waals surface area contributed by atoms with E-state index in [0.29, 0.717) is 6.42 Å². The van der Waals surface area contributed by atoms with Crippen molar-refractivity contribution in [1.82, 2.24) is 9.88 Å². The van der Waals surface area contributed by atoms with Crippen LogP contribution in [0.25, 0.3) is 10.9 Å². The second kappa shape index (κ2) is 6.26. The summed E-state index contributed by atoms with van der Waals surface area (Å²) in [6, 6.07) is 7.13. The number of rotatable bonds is 5. The predicted molar refractivity (Wildman–Crippen MR) is 80.8 cm³/mol. The van der Waals surface area contributed by atoms with Gasteiger partial charge in [0.1, 0.15) is 6.04 Å². The summed E-state index contributed by atoms with van der Waals surface area (Å²) in [6.07, 6.45) is 3.42. The lowest BCUT2D eigenvalue weighted by Crippen LogP contribution is -2.43. The quantitative estimate of drug-likeness (QED) is 0.674. The number of ether oxygens (including phenoxy) is 1. The maximum atomic E-state index is 12.0. The molecule has 0 radical (unpaired) electrons. The molecule has 1 N–H and O–H groups in total. The SMILES string of the molecule is C=CC(=O)N(C)[C@@H](Cc1c[nH]c2ccccc12)C(=O)OC. The second-order valence-electron chi connectivity index (χ2n) is 4.76. The van der Waals surface area contributed by atoms with Crippen LogP contribution in [0.3, 0.4) is 0 Å². The highest BCUT2D eigenvalue weighted by Crippen LogP contribution is 2.20. The van der Waals surface area contributed by atoms with Crippen molar-refractivity contribution in [2.24, 2.45) is 0 Å². The van der Waals surface area contributed by atoms with Crippen molar-refractivity contribution in [1.29, 1.82) is 0 Å². The lowest BCUT2D eigenvalue weighted by Gasteiger charge is -2.24. The van der Waals surface area contributed by atoms with E-state index in [-0.39, 0.29) is 5.91 Å². The van der Waals surface area contributed by atoms with Crippen molar-refractivity contribution in [2.45, 2.75) is 12.5 Å². The Morgan fingerprint density at radius 3 is 2.81 bits per heavy atom. The fourth-order valence-corrected chi connectivity index (χ4v) is 2.32. The lowest BCUT2D eigenvalue weighted by atomic mass is 10.0. The summed E-state index contributed by atoms with van der Waals surface area (Å²) in [6.45, 7) is 3.45. The molecule has 0 saturated carbocycles. The first kappa shape index (κ1) is 14.8. The minimum Gasteiger partial charge on any atom is -0.467 e. The number of esters is 1. The number of carbonyl (C=O) groups excluding carboxylic acids is 2. The highest BCUT2D eigenvalue weighted by Gasteiger charge is 2.27. The molecule has 0 saturated heterocycles. The van der Waals surface area contributed by atoms with Gasteiger partial charge in [-0.15, -0.1) is 0 Å². The first-order chi connectivity index (χ1) is 10.1. The number of nitrogens with one attached hydrogen (secondary N) is 1. The lowest BCUT2D eigenvalue weighted by molar-refractivity contribution is -0.150. The van der Waals surface area contributed by atoms with Crippen LogP contribution in [0.5, 0.6) is 0 Å². The number of hydrogen-bond acceptors (Lipinski definition) is 3. The number of nitrogens with zero attached hydrogens (tertiary/aromatic N) is 1. The Labute approximate surface area is 123 Å². The summed E-state index contributed by atoms with van der Waals surface area (Å²) in [5.74, 6) is -0.761. The van der Waals surface area contributed by atoms with Gasteiger partial charge in [-0.05, 0) is 17.7 Å². The van der Waals surface area contributed by atoms with Crippen LogP contribution in [0, 0.1) is 0 Å². The Hall–Kier alpha value is -2.56. The maximum absolute atomic E-state index is 12.0. The van der Waals surface area contributed by atoms with E-state index in [9.17, 15) is 9.59 Å². The molecule has 0 bridgehead atoms. The third-order valence-corrected chi connectivity index (χ3v) is 3.55. The van der Waals surface area contributed by atoms with Crippen LogP contribution in [0.15, 0.2) is 43.1 Å². The number of amides is 1. The average Bonchev–Trinajstić information content (AvgIpc) is 2.93. The van der Waals surface area contributed by atoms with E-state index >= 15 is 0 Å². The van der Waals surface area contributed by atoms with Crippen molar-refractivity contribution < 1.29 is 14.3 Å². The molecule has 1 aromatic carbocycles. The molecule has 110 valence electrons. The molecule has 0 aliphatic heterocycles. The standard InChI is InChI=1S/C16H18N2O3/c1-4-15(19)18(2)14(16(20)21-3)9-11-10-17-13-8-6-5-7-12(11)13/h4-8,10,14,17H,1,9H2,2-3H3/t14-/m0/s1. The van der Waals surface area contributed by atoms with Gasteiger partial charge >= 0.3 is 5.97 Å². The zero-order valence-corrected chi connectivity index (χ0v) is 12.1. The van der Waals surface area contributed by atoms with Gasteiger partial charge in [0.05, 0.1) is 7.11 Å². The highest BCUT2D eigenvalue weighted by molar-refractivity contribution is 5.91. The van der Waals surface area contributed by atoms with Gasteiger partial charge in [-0.2, -0.15) is 0 Å². The molecule has 5 heteroatoms. The van der Waals surface area contributed by atoms with Gasteiger partial charge in [0, 0.05) is 30.6 Å². The smallest absolute Gasteiger partial charge is 0.328 e. The molecule has 1 amide bonds. The molecule has 2 rings (SSSR count). The summed E-state index contributed by atoms with van der Waals surface area (Å²) < 4.78 is 4.81. The van der Waals surface area contributed by atoms with Crippen LogP contribution in [0.2, 0.25) is 0 Å². The Bertz CT molecular complexity index is 675. The molecule has 1 atom stereocenters. The Balaban J connectivity index is 2.32. The van der Waals surface area contributed by atoms with Gasteiger partial charge in [-0.3, -0.25) is 4.79 Å². The Kier molecular flexibility index (Phi) is 4.42. The number of carbonyl (C=O) groups is 2. The van der Waals surface area contributed by atoms with E-state index < -0.39 is 12.0 Å². The Morgan fingerprint density at radius 1 is 1.43 bits per heavy atom. The van der Waals surface area contributed by atoms with Gasteiger partial charge in [-0.1, -0.05) is 24.8 Å². The number of methoxy groups -OCH3 is 1. The molecule has 0 fully saturated rings. The van der Waals surface area contributed by atoms with E-state index in [2.05, 4.69) is 11.6 Å². The predicted octanol–water partition coefficient (Wildman–Crippen LogP) is 1.90. The van der Waals surface area contributed by atoms with Crippen LogP contribution in [0.1, 0.15) is 5.56 Å². The van der Waals surface area contributed by atoms with Crippen molar-refractivity contribution in [3.8, 4) is 0 Å². The van der Waals surface area contributed by atoms with Crippen LogP contribution in [-0.4, -0.2) is 42.0 Å². The second-order valence-corrected chi connectivity index (χ2v) is 4.76. The molecule has 5 nitrogen and oxygen atoms in total. The molecule has 0 aliphatic rings. The van der Waals surface area contributed by atoms with Crippen LogP contribution in [0.4, 0.5) is 0 Å². The summed E-state index contributed by atoms with van der Waals surface area (Å²) in [7, 11) is 2.89. The zero-order valence-electron chi connectivity index (χ0n) is 12.1. The largest absolute Gasteiger partial charge is 0.467 e. The first-order valence-corrected chi connectivity index (χ1v) is 6.60. The number of benzene rings is 1. The minimum absolute atomic E-state index is 0.315. The number of hydrogen-bond donors (Lipinski definition) is 1. The number of para-hydroxylation sites is 1. The summed E-state index contributed by atoms with van der Waals surface area (Å²) in [5, 5.41) is 1.03. The molecule has 1 heterocycles. The molecule has 21 heavy (non-hydrogen) atoms. The highest BCUT2D eigenvalue weighted by atomic mass is 16.5. The molecular weight excluding hydrogens is 268 g/mol. The number of fused-ring (bicyclic) bond motifs is 1. The van der Waals surface area contributed by atoms with Crippen molar-refractivity contribution in [3.05, 3.63) is 48.7 Å². The van der Waals surface area contributed by atoms with E-state index in [4.69, 9.17) is 4.74 Å². The normalized spacial score (nSPS) is 11.9. The Morgan fingerprint density at radius 2 is 2.14 bits per heavy atom. The van der Waals surface area contributed by atoms with Gasteiger partial charge in [0.15, 0.2) is 0 Å². The summed E-state index contributed by atoms with van der Waals surface area (Å²) >= 11 is 0. The van der Waals surface area contributed by atoms with Gasteiger partial charge in [-0.25, -0.2) is 4.79 Å². The fourth-order valence-electron chi connectivity index (χ4n) is 2.32. The van der Waals surface area contributed by atoms with Crippen molar-refractivity contribution in [2.75, 3.05) is 14.2 Å². The number of aromatic nitrogens is 1. The van der Waals surface area contributed by atoms with Crippen molar-refractivity contribution >= 4 is 22.8 Å². The fraction of sp³-hybridized carbons (Fsp3) is 0.250. The third kappa shape index (κ3) is 2.97. The van der Waals surface area contributed by atoms with E-state index in [1.807, 2.05) is 30.5 Å². The van der Waals surface area contributed by atoms with Gasteiger partial charge < -0.3 is 14.6 Å². The third-order valence-electron chi connectivity index (χ3n) is 3.55. The van der Waals surface area contributed by atoms with Crippen LogP contribution >= 0.6 is 0 Å². The van der Waals surface area contributed by atoms with Crippen LogP contribution < -0.4 is 0 Å². The first-order valence-electron chi connectivity index (χ1n) is 6.60. The van der Waals surface area contributed by atoms with Gasteiger partial charge in [0.25, 0.3) is 0 Å². The maximum Gasteiger partial charge on any atom is 0.328 e. The van der Waals surface area contributed by atoms with E-state index in [1.165, 1.54) is 18.1 Å². The van der Waals surface area contributed by atoms with Crippen LogP contribution in [-0.2, 0) is 20.7 Å². The van der Waals surface area contributed by atoms with Gasteiger partial charge in [0.2, 0.25) is 5.91 Å². The number of likely N-dealkylation sites (N-methyl/N-ethyl adjacent to an activating group) is 1. The van der Waals surface area contributed by atoms with E-state index in [0.717, 1.165) is 16.5 Å². The number of aromatic amines is 1. The molecule has 0 aliphatic carbocycles. The van der Waals surface area contributed by atoms with Crippen molar-refractivity contribution in [3.63, 3.8) is 0 Å². The van der Waals surface area contributed by atoms with E-state index in [1.54, 1.807) is 7.05 Å². The zero-order chi connectivity index (χ0) is 15.4. The molecule has 0 unspecified atom stereocenters. The molecule has 0 spiro atoms. The average molecular weight is 286 g/mol. The topological polar surface area (TPSA) is 62.4 Å². The summed E-state index contributed by atoms with van der Waals surface area (Å²) in [5.41, 5.74) is 1.96. The minimum atomic E-state index is -0.681. The molecular formula is C16H18N2O3. The monoisotopic (exact) mass is 286 g/mol. The molecule has 1 aromatic heterocycles.